The molecule has 2 heterocycles. The first kappa shape index (κ1) is 27.5. The van der Waals surface area contributed by atoms with Gasteiger partial charge in [0.1, 0.15) is 11.2 Å². The van der Waals surface area contributed by atoms with Crippen LogP contribution < -0.4 is 0 Å². The van der Waals surface area contributed by atoms with Gasteiger partial charge in [0.15, 0.2) is 17.5 Å². The van der Waals surface area contributed by atoms with Gasteiger partial charge in [0, 0.05) is 27.5 Å². The summed E-state index contributed by atoms with van der Waals surface area (Å²) in [7, 11) is 0. The summed E-state index contributed by atoms with van der Waals surface area (Å²) in [6, 6.07) is 56.9. The highest BCUT2D eigenvalue weighted by Crippen LogP contribution is 2.44. The van der Waals surface area contributed by atoms with Crippen LogP contribution >= 0.6 is 0 Å². The van der Waals surface area contributed by atoms with Gasteiger partial charge in [0.2, 0.25) is 0 Å². The minimum absolute atomic E-state index is 0.637. The van der Waals surface area contributed by atoms with Gasteiger partial charge in [0.25, 0.3) is 0 Å². The lowest BCUT2D eigenvalue weighted by molar-refractivity contribution is 0.669. The molecule has 0 aliphatic carbocycles. The molecule has 0 radical (unpaired) electrons. The highest BCUT2D eigenvalue weighted by molar-refractivity contribution is 6.33. The van der Waals surface area contributed by atoms with E-state index in [0.717, 1.165) is 50.1 Å². The van der Waals surface area contributed by atoms with Crippen molar-refractivity contribution in [2.75, 3.05) is 0 Å². The van der Waals surface area contributed by atoms with Crippen LogP contribution in [0.1, 0.15) is 0 Å². The molecule has 10 aromatic rings. The Morgan fingerprint density at radius 1 is 0.286 bits per heavy atom. The summed E-state index contributed by atoms with van der Waals surface area (Å²) >= 11 is 0. The molecule has 4 heteroatoms. The van der Waals surface area contributed by atoms with E-state index in [-0.39, 0.29) is 0 Å². The highest BCUT2D eigenvalue weighted by atomic mass is 16.3. The number of hydrogen-bond acceptors (Lipinski definition) is 4. The van der Waals surface area contributed by atoms with Gasteiger partial charge in [-0.2, -0.15) is 0 Å². The van der Waals surface area contributed by atoms with Crippen molar-refractivity contribution in [2.24, 2.45) is 0 Å². The van der Waals surface area contributed by atoms with Crippen LogP contribution in [-0.4, -0.2) is 15.0 Å². The van der Waals surface area contributed by atoms with Gasteiger partial charge in [-0.25, -0.2) is 15.0 Å². The van der Waals surface area contributed by atoms with Crippen molar-refractivity contribution < 1.29 is 4.42 Å². The number of furan rings is 1. The largest absolute Gasteiger partial charge is 0.456 e. The molecule has 228 valence electrons. The molecule has 0 N–H and O–H groups in total. The quantitative estimate of drug-likeness (QED) is 0.179. The molecule has 0 fully saturated rings. The highest BCUT2D eigenvalue weighted by Gasteiger charge is 2.19. The van der Waals surface area contributed by atoms with Crippen LogP contribution in [0.3, 0.4) is 0 Å². The zero-order valence-electron chi connectivity index (χ0n) is 26.3. The average molecular weight is 626 g/mol. The van der Waals surface area contributed by atoms with Crippen molar-refractivity contribution >= 4 is 43.5 Å². The Hall–Kier alpha value is -6.65. The Morgan fingerprint density at radius 2 is 0.735 bits per heavy atom. The van der Waals surface area contributed by atoms with Crippen LogP contribution in [0.4, 0.5) is 0 Å². The Bertz CT molecular complexity index is 2760. The molecule has 49 heavy (non-hydrogen) atoms. The van der Waals surface area contributed by atoms with Crippen molar-refractivity contribution in [3.8, 4) is 56.4 Å². The van der Waals surface area contributed by atoms with Crippen molar-refractivity contribution in [3.63, 3.8) is 0 Å². The zero-order chi connectivity index (χ0) is 32.3. The molecule has 10 rings (SSSR count). The lowest BCUT2D eigenvalue weighted by Crippen LogP contribution is -2.00. The summed E-state index contributed by atoms with van der Waals surface area (Å²) in [6.07, 6.45) is 0. The molecule has 0 spiro atoms. The van der Waals surface area contributed by atoms with E-state index in [1.807, 2.05) is 60.7 Å². The van der Waals surface area contributed by atoms with E-state index in [2.05, 4.69) is 103 Å². The molecule has 0 unspecified atom stereocenters. The van der Waals surface area contributed by atoms with E-state index in [0.29, 0.717) is 17.5 Å². The molecule has 0 aliphatic heterocycles. The Morgan fingerprint density at radius 3 is 1.39 bits per heavy atom. The molecule has 0 saturated carbocycles. The van der Waals surface area contributed by atoms with Crippen LogP contribution in [0.5, 0.6) is 0 Å². The summed E-state index contributed by atoms with van der Waals surface area (Å²) in [5, 5.41) is 7.33. The monoisotopic (exact) mass is 625 g/mol. The van der Waals surface area contributed by atoms with Gasteiger partial charge in [-0.15, -0.1) is 0 Å². The number of aromatic nitrogens is 3. The topological polar surface area (TPSA) is 51.8 Å². The third-order valence-corrected chi connectivity index (χ3v) is 9.46. The SMILES string of the molecule is c1ccc(-c2nc(-c3ccccc3)nc(-c3cccc(-c4cccc(-c5cc6oc7cccc8c9ccccc9c(c5)c6c78)c4)c3)n2)cc1. The first-order valence-corrected chi connectivity index (χ1v) is 16.4. The van der Waals surface area contributed by atoms with E-state index >= 15 is 0 Å². The number of nitrogens with zero attached hydrogens (tertiary/aromatic N) is 3. The Balaban J connectivity index is 1.10. The number of hydrogen-bond donors (Lipinski definition) is 0. The van der Waals surface area contributed by atoms with E-state index in [9.17, 15) is 0 Å². The minimum Gasteiger partial charge on any atom is -0.456 e. The van der Waals surface area contributed by atoms with Gasteiger partial charge in [-0.05, 0) is 74.1 Å². The number of benzene rings is 8. The summed E-state index contributed by atoms with van der Waals surface area (Å²) in [6.45, 7) is 0. The van der Waals surface area contributed by atoms with Crippen LogP contribution in [-0.2, 0) is 0 Å². The predicted octanol–water partition coefficient (Wildman–Crippen LogP) is 11.9. The second-order valence-corrected chi connectivity index (χ2v) is 12.4. The fourth-order valence-corrected chi connectivity index (χ4v) is 7.16. The molecular formula is C45H27N3O. The zero-order valence-corrected chi connectivity index (χ0v) is 26.3. The van der Waals surface area contributed by atoms with Crippen LogP contribution in [0.25, 0.3) is 99.9 Å². The lowest BCUT2D eigenvalue weighted by Gasteiger charge is -2.11. The maximum atomic E-state index is 6.49. The van der Waals surface area contributed by atoms with Crippen molar-refractivity contribution in [2.45, 2.75) is 0 Å². The van der Waals surface area contributed by atoms with E-state index in [4.69, 9.17) is 19.4 Å². The third-order valence-electron chi connectivity index (χ3n) is 9.46. The molecule has 0 bridgehead atoms. The first-order chi connectivity index (χ1) is 24.3. The second-order valence-electron chi connectivity index (χ2n) is 12.4. The third kappa shape index (κ3) is 4.57. The summed E-state index contributed by atoms with van der Waals surface area (Å²) in [5.74, 6) is 1.93. The Labute approximate surface area is 282 Å². The number of fused-ring (bicyclic) bond motifs is 3. The van der Waals surface area contributed by atoms with Crippen molar-refractivity contribution in [1.29, 1.82) is 0 Å². The molecule has 0 atom stereocenters. The van der Waals surface area contributed by atoms with Crippen LogP contribution in [0, 0.1) is 0 Å². The maximum Gasteiger partial charge on any atom is 0.164 e. The van der Waals surface area contributed by atoms with Crippen molar-refractivity contribution in [3.05, 3.63) is 164 Å². The fourth-order valence-electron chi connectivity index (χ4n) is 7.16. The van der Waals surface area contributed by atoms with Crippen LogP contribution in [0.15, 0.2) is 168 Å². The first-order valence-electron chi connectivity index (χ1n) is 16.4. The predicted molar refractivity (Wildman–Crippen MR) is 200 cm³/mol. The van der Waals surface area contributed by atoms with Gasteiger partial charge < -0.3 is 4.42 Å². The normalized spacial score (nSPS) is 11.7. The van der Waals surface area contributed by atoms with Gasteiger partial charge in [-0.3, -0.25) is 0 Å². The lowest BCUT2D eigenvalue weighted by atomic mass is 9.91. The molecule has 0 amide bonds. The summed E-state index contributed by atoms with van der Waals surface area (Å²) < 4.78 is 6.49. The van der Waals surface area contributed by atoms with Gasteiger partial charge in [0.05, 0.1) is 0 Å². The minimum atomic E-state index is 0.637. The van der Waals surface area contributed by atoms with Crippen LogP contribution in [0.2, 0.25) is 0 Å². The van der Waals surface area contributed by atoms with E-state index < -0.39 is 0 Å². The van der Waals surface area contributed by atoms with Gasteiger partial charge in [-0.1, -0.05) is 133 Å². The average Bonchev–Trinajstić information content (AvgIpc) is 3.57. The molecule has 2 aromatic heterocycles. The van der Waals surface area contributed by atoms with Gasteiger partial charge >= 0.3 is 0 Å². The second kappa shape index (κ2) is 11.0. The van der Waals surface area contributed by atoms with Crippen molar-refractivity contribution in [1.82, 2.24) is 15.0 Å². The fraction of sp³-hybridized carbons (Fsp3) is 0. The summed E-state index contributed by atoms with van der Waals surface area (Å²) in [4.78, 5) is 14.8. The smallest absolute Gasteiger partial charge is 0.164 e. The molecule has 0 saturated heterocycles. The van der Waals surface area contributed by atoms with E-state index in [1.165, 1.54) is 32.3 Å². The maximum absolute atomic E-state index is 6.49. The number of rotatable bonds is 5. The standard InChI is InChI=1S/C45H27N3O/c1-3-12-28(13-4-1)43-46-44(29-14-5-2-6-15-29)48-45(47-43)33-19-10-17-31(25-33)30-16-9-18-32(24-30)34-26-38-36-21-8-7-20-35(36)37-22-11-23-39-41(37)42(38)40(27-34)49-39/h1-27H. The summed E-state index contributed by atoms with van der Waals surface area (Å²) in [5.41, 5.74) is 9.12. The molecule has 0 aliphatic rings. The van der Waals surface area contributed by atoms with E-state index in [1.54, 1.807) is 0 Å². The molecule has 4 nitrogen and oxygen atoms in total. The molecular weight excluding hydrogens is 599 g/mol. The Kier molecular flexibility index (Phi) is 6.15. The molecule has 8 aromatic carbocycles.